The smallest absolute Gasteiger partial charge is 0.462 e. The van der Waals surface area contributed by atoms with Gasteiger partial charge in [0, 0.05) is 12.8 Å². The monoisotopic (exact) mass is 1110 g/mol. The lowest BCUT2D eigenvalue weighted by molar-refractivity contribution is -0.870. The van der Waals surface area contributed by atoms with Crippen LogP contribution in [0.3, 0.4) is 0 Å². The minimum atomic E-state index is -4.40. The molecule has 2 unspecified atom stereocenters. The first-order valence-electron chi connectivity index (χ1n) is 32.7. The van der Waals surface area contributed by atoms with Crippen LogP contribution in [0.4, 0.5) is 0 Å². The Morgan fingerprint density at radius 3 is 1.09 bits per heavy atom. The molecule has 1 N–H and O–H groups in total. The number of hydrogen-bond donors (Lipinski definition) is 1. The summed E-state index contributed by atoms with van der Waals surface area (Å²) in [5, 5.41) is 0. The molecule has 10 heteroatoms. The summed E-state index contributed by atoms with van der Waals surface area (Å²) in [7, 11) is 1.45. The Morgan fingerprint density at radius 1 is 0.410 bits per heavy atom. The average molecular weight is 1120 g/mol. The van der Waals surface area contributed by atoms with Crippen LogP contribution in [-0.2, 0) is 32.7 Å². The summed E-state index contributed by atoms with van der Waals surface area (Å²) < 4.78 is 34.6. The number of phosphoric acid groups is 1. The van der Waals surface area contributed by atoms with E-state index in [-0.39, 0.29) is 32.0 Å². The second-order valence-electron chi connectivity index (χ2n) is 23.1. The maximum absolute atomic E-state index is 12.8. The minimum absolute atomic E-state index is 0.0211. The molecule has 78 heavy (non-hydrogen) atoms. The van der Waals surface area contributed by atoms with E-state index in [0.29, 0.717) is 17.4 Å². The van der Waals surface area contributed by atoms with Gasteiger partial charge in [0.15, 0.2) is 6.10 Å². The number of carbonyl (C=O) groups is 2. The molecule has 0 saturated carbocycles. The largest absolute Gasteiger partial charge is 0.472 e. The molecule has 0 radical (unpaired) electrons. The number of phosphoric ester groups is 1. The third-order valence-corrected chi connectivity index (χ3v) is 15.2. The molecular formula is C68H125NO8P+. The molecule has 0 amide bonds. The summed E-state index contributed by atoms with van der Waals surface area (Å²) in [5.41, 5.74) is 0. The van der Waals surface area contributed by atoms with Gasteiger partial charge in [-0.1, -0.05) is 292 Å². The predicted molar refractivity (Wildman–Crippen MR) is 335 cm³/mol. The number of likely N-dealkylation sites (N-methyl/N-ethyl adjacent to an activating group) is 1. The predicted octanol–water partition coefficient (Wildman–Crippen LogP) is 20.8. The number of ether oxygens (including phenoxy) is 2. The van der Waals surface area contributed by atoms with Crippen molar-refractivity contribution in [2.75, 3.05) is 47.5 Å². The Hall–Kier alpha value is -2.55. The van der Waals surface area contributed by atoms with Crippen molar-refractivity contribution < 1.29 is 42.1 Å². The van der Waals surface area contributed by atoms with Crippen LogP contribution in [-0.4, -0.2) is 74.9 Å². The lowest BCUT2D eigenvalue weighted by Gasteiger charge is -2.24. The van der Waals surface area contributed by atoms with Crippen molar-refractivity contribution in [1.29, 1.82) is 0 Å². The number of esters is 2. The molecular weight excluding hydrogens is 990 g/mol. The van der Waals surface area contributed by atoms with Crippen molar-refractivity contribution in [3.63, 3.8) is 0 Å². The zero-order valence-corrected chi connectivity index (χ0v) is 52.5. The van der Waals surface area contributed by atoms with E-state index in [0.717, 1.165) is 70.6 Å². The Kier molecular flexibility index (Phi) is 57.2. The second-order valence-corrected chi connectivity index (χ2v) is 24.6. The fourth-order valence-corrected chi connectivity index (χ4v) is 10.00. The molecule has 2 atom stereocenters. The fourth-order valence-electron chi connectivity index (χ4n) is 9.26. The zero-order valence-electron chi connectivity index (χ0n) is 51.6. The number of hydrogen-bond acceptors (Lipinski definition) is 7. The van der Waals surface area contributed by atoms with Crippen LogP contribution in [0.5, 0.6) is 0 Å². The van der Waals surface area contributed by atoms with Gasteiger partial charge in [-0.15, -0.1) is 0 Å². The van der Waals surface area contributed by atoms with E-state index >= 15 is 0 Å². The fraction of sp³-hybridized carbons (Fsp3) is 0.794. The average Bonchev–Trinajstić information content (AvgIpc) is 3.41. The third kappa shape index (κ3) is 62.6. The number of allylic oxidation sites excluding steroid dienone is 12. The molecule has 0 bridgehead atoms. The van der Waals surface area contributed by atoms with Gasteiger partial charge in [-0.3, -0.25) is 18.6 Å². The number of rotatable bonds is 60. The van der Waals surface area contributed by atoms with Crippen molar-refractivity contribution in [3.8, 4) is 0 Å². The first-order valence-corrected chi connectivity index (χ1v) is 34.2. The minimum Gasteiger partial charge on any atom is -0.462 e. The van der Waals surface area contributed by atoms with Gasteiger partial charge >= 0.3 is 19.8 Å². The van der Waals surface area contributed by atoms with Gasteiger partial charge in [-0.25, -0.2) is 4.57 Å². The van der Waals surface area contributed by atoms with Gasteiger partial charge < -0.3 is 18.9 Å². The number of nitrogens with zero attached hydrogens (tertiary/aromatic N) is 1. The van der Waals surface area contributed by atoms with Gasteiger partial charge in [0.1, 0.15) is 19.8 Å². The maximum atomic E-state index is 12.8. The molecule has 0 aliphatic rings. The number of quaternary nitrogens is 1. The molecule has 0 aromatic heterocycles. The highest BCUT2D eigenvalue weighted by Gasteiger charge is 2.27. The van der Waals surface area contributed by atoms with Crippen molar-refractivity contribution in [2.24, 2.45) is 0 Å². The Balaban J connectivity index is 4.05. The second kappa shape index (κ2) is 59.1. The van der Waals surface area contributed by atoms with Crippen LogP contribution in [0.1, 0.15) is 296 Å². The molecule has 9 nitrogen and oxygen atoms in total. The van der Waals surface area contributed by atoms with E-state index in [1.807, 2.05) is 21.1 Å². The summed E-state index contributed by atoms with van der Waals surface area (Å²) in [6.45, 7) is 4.30. The highest BCUT2D eigenvalue weighted by Crippen LogP contribution is 2.43. The zero-order chi connectivity index (χ0) is 57.0. The Bertz CT molecular complexity index is 1550. The quantitative estimate of drug-likeness (QED) is 0.0211. The molecule has 0 rings (SSSR count). The van der Waals surface area contributed by atoms with E-state index in [1.165, 1.54) is 193 Å². The maximum Gasteiger partial charge on any atom is 0.472 e. The third-order valence-electron chi connectivity index (χ3n) is 14.3. The van der Waals surface area contributed by atoms with Gasteiger partial charge in [0.25, 0.3) is 0 Å². The van der Waals surface area contributed by atoms with E-state index in [4.69, 9.17) is 18.5 Å². The first kappa shape index (κ1) is 75.5. The summed E-state index contributed by atoms with van der Waals surface area (Å²) in [4.78, 5) is 35.7. The Morgan fingerprint density at radius 2 is 0.731 bits per heavy atom. The van der Waals surface area contributed by atoms with E-state index in [9.17, 15) is 19.0 Å². The molecule has 0 saturated heterocycles. The summed E-state index contributed by atoms with van der Waals surface area (Å²) in [6.07, 6.45) is 78.8. The number of carbonyl (C=O) groups excluding carboxylic acids is 2. The van der Waals surface area contributed by atoms with Crippen LogP contribution >= 0.6 is 7.82 Å². The van der Waals surface area contributed by atoms with Crippen LogP contribution < -0.4 is 0 Å². The molecule has 0 heterocycles. The molecule has 0 aliphatic heterocycles. The van der Waals surface area contributed by atoms with E-state index in [1.54, 1.807) is 0 Å². The van der Waals surface area contributed by atoms with Gasteiger partial charge in [-0.2, -0.15) is 0 Å². The molecule has 0 aromatic rings. The van der Waals surface area contributed by atoms with Crippen LogP contribution in [0, 0.1) is 0 Å². The standard InChI is InChI=1S/C68H124NO8P/c1-6-8-10-12-14-16-18-20-22-24-26-28-29-30-31-32-33-34-35-36-37-38-39-41-42-44-46-48-50-52-54-56-58-60-67(70)74-64-66(65-76-78(72,73)75-63-62-69(3,4)5)77-68(71)61-59-57-55-53-51-49-47-45-43-40-27-25-23-21-19-17-15-13-11-9-7-2/h9,11,15,17,21,23,27,40,45,47,51,53,66H,6-8,10,12-14,16,18-20,22,24-26,28-39,41-44,46,48-50,52,54-65H2,1-5H3/p+1/b11-9-,17-15-,23-21-,40-27-,47-45-,53-51-. The van der Waals surface area contributed by atoms with Crippen molar-refractivity contribution in [1.82, 2.24) is 0 Å². The van der Waals surface area contributed by atoms with Crippen LogP contribution in [0.25, 0.3) is 0 Å². The molecule has 0 fully saturated rings. The molecule has 0 aromatic carbocycles. The summed E-state index contributed by atoms with van der Waals surface area (Å²) in [5.74, 6) is -0.841. The van der Waals surface area contributed by atoms with E-state index in [2.05, 4.69) is 86.8 Å². The molecule has 0 aliphatic carbocycles. The normalized spacial score (nSPS) is 13.7. The lowest BCUT2D eigenvalue weighted by atomic mass is 10.0. The summed E-state index contributed by atoms with van der Waals surface area (Å²) >= 11 is 0. The van der Waals surface area contributed by atoms with Gasteiger partial charge in [0.05, 0.1) is 27.7 Å². The first-order chi connectivity index (χ1) is 38.0. The summed E-state index contributed by atoms with van der Waals surface area (Å²) in [6, 6.07) is 0. The van der Waals surface area contributed by atoms with Crippen molar-refractivity contribution >= 4 is 19.8 Å². The van der Waals surface area contributed by atoms with E-state index < -0.39 is 26.5 Å². The highest BCUT2D eigenvalue weighted by molar-refractivity contribution is 7.47. The van der Waals surface area contributed by atoms with Crippen LogP contribution in [0.15, 0.2) is 72.9 Å². The Labute approximate surface area is 482 Å². The molecule has 454 valence electrons. The topological polar surface area (TPSA) is 108 Å². The number of unbranched alkanes of at least 4 members (excludes halogenated alkanes) is 34. The van der Waals surface area contributed by atoms with Gasteiger partial charge in [0.2, 0.25) is 0 Å². The van der Waals surface area contributed by atoms with Gasteiger partial charge in [-0.05, 0) is 64.2 Å². The van der Waals surface area contributed by atoms with Crippen molar-refractivity contribution in [3.05, 3.63) is 72.9 Å². The lowest BCUT2D eigenvalue weighted by Crippen LogP contribution is -2.37. The SMILES string of the molecule is CC/C=C\C/C=C\C/C=C\C/C=C\C/C=C\C/C=C\CCCCC(=O)OC(COC(=O)CCCCCCCCCCCCCCCCCCCCCCCCCCCCCCCCCCC)COP(=O)(O)OCC[N+](C)(C)C. The highest BCUT2D eigenvalue weighted by atomic mass is 31.2. The van der Waals surface area contributed by atoms with Crippen molar-refractivity contribution in [2.45, 2.75) is 302 Å². The van der Waals surface area contributed by atoms with Crippen LogP contribution in [0.2, 0.25) is 0 Å². The molecule has 0 spiro atoms.